The second-order valence-electron chi connectivity index (χ2n) is 6.77. The van der Waals surface area contributed by atoms with Crippen molar-refractivity contribution in [3.63, 3.8) is 0 Å². The zero-order chi connectivity index (χ0) is 19.2. The van der Waals surface area contributed by atoms with Crippen LogP contribution in [0.2, 0.25) is 0 Å². The third-order valence-corrected chi connectivity index (χ3v) is 4.94. The molecule has 0 saturated heterocycles. The molecule has 0 aliphatic heterocycles. The van der Waals surface area contributed by atoms with Gasteiger partial charge >= 0.3 is 0 Å². The predicted octanol–water partition coefficient (Wildman–Crippen LogP) is 5.05. The van der Waals surface area contributed by atoms with Gasteiger partial charge in [0.25, 0.3) is 5.91 Å². The van der Waals surface area contributed by atoms with Crippen LogP contribution in [0.5, 0.6) is 5.75 Å². The van der Waals surface area contributed by atoms with Gasteiger partial charge in [-0.15, -0.1) is 0 Å². The molecule has 3 rings (SSSR count). The molecular weight excluding hydrogens is 334 g/mol. The van der Waals surface area contributed by atoms with Crippen LogP contribution in [-0.4, -0.2) is 12.0 Å². The number of fused-ring (bicyclic) bond motifs is 1. The Morgan fingerprint density at radius 1 is 0.963 bits per heavy atom. The minimum atomic E-state index is -0.560. The maximum absolute atomic E-state index is 12.6. The van der Waals surface area contributed by atoms with E-state index in [0.29, 0.717) is 6.54 Å². The normalized spacial score (nSPS) is 12.0. The lowest BCUT2D eigenvalue weighted by Crippen LogP contribution is -2.36. The standard InChI is InChI=1S/C24H27NO2/c1-4-18-13-14-19(5-2)21(15-18)16-25-24(26)17(3)27-23-12-8-10-20-9-6-7-11-22(20)23/h6-15,17H,4-5,16H2,1-3H3,(H,25,26)/t17-/m0/s1. The van der Waals surface area contributed by atoms with Crippen molar-refractivity contribution in [3.8, 4) is 5.75 Å². The van der Waals surface area contributed by atoms with Gasteiger partial charge in [0.05, 0.1) is 0 Å². The maximum atomic E-state index is 12.6. The zero-order valence-electron chi connectivity index (χ0n) is 16.3. The second kappa shape index (κ2) is 8.72. The summed E-state index contributed by atoms with van der Waals surface area (Å²) in [7, 11) is 0. The molecule has 0 aliphatic carbocycles. The Balaban J connectivity index is 1.68. The number of aryl methyl sites for hydroxylation is 2. The van der Waals surface area contributed by atoms with Crippen molar-refractivity contribution in [2.24, 2.45) is 0 Å². The van der Waals surface area contributed by atoms with Crippen LogP contribution < -0.4 is 10.1 Å². The molecule has 0 heterocycles. The molecule has 0 aromatic heterocycles. The van der Waals surface area contributed by atoms with Crippen molar-refractivity contribution in [3.05, 3.63) is 77.4 Å². The summed E-state index contributed by atoms with van der Waals surface area (Å²) in [5.74, 6) is 0.630. The van der Waals surface area contributed by atoms with Crippen LogP contribution in [0.4, 0.5) is 0 Å². The summed E-state index contributed by atoms with van der Waals surface area (Å²) in [6.45, 7) is 6.60. The van der Waals surface area contributed by atoms with Gasteiger partial charge in [-0.2, -0.15) is 0 Å². The van der Waals surface area contributed by atoms with Gasteiger partial charge in [0.2, 0.25) is 0 Å². The van der Waals surface area contributed by atoms with Crippen LogP contribution in [0, 0.1) is 0 Å². The van der Waals surface area contributed by atoms with E-state index in [2.05, 4.69) is 37.4 Å². The SMILES string of the molecule is CCc1ccc(CC)c(CNC(=O)[C@H](C)Oc2cccc3ccccc23)c1. The van der Waals surface area contributed by atoms with E-state index in [1.165, 1.54) is 16.7 Å². The Kier molecular flexibility index (Phi) is 6.12. The van der Waals surface area contributed by atoms with Crippen molar-refractivity contribution >= 4 is 16.7 Å². The Labute approximate surface area is 161 Å². The maximum Gasteiger partial charge on any atom is 0.261 e. The van der Waals surface area contributed by atoms with Crippen LogP contribution in [-0.2, 0) is 24.2 Å². The van der Waals surface area contributed by atoms with Crippen LogP contribution >= 0.6 is 0 Å². The van der Waals surface area contributed by atoms with E-state index in [4.69, 9.17) is 4.74 Å². The summed E-state index contributed by atoms with van der Waals surface area (Å²) in [5, 5.41) is 5.15. The summed E-state index contributed by atoms with van der Waals surface area (Å²) in [6, 6.07) is 20.4. The Morgan fingerprint density at radius 3 is 2.52 bits per heavy atom. The van der Waals surface area contributed by atoms with Gasteiger partial charge in [0.1, 0.15) is 5.75 Å². The van der Waals surface area contributed by atoms with E-state index >= 15 is 0 Å². The Hall–Kier alpha value is -2.81. The number of ether oxygens (including phenoxy) is 1. The molecule has 0 spiro atoms. The highest BCUT2D eigenvalue weighted by molar-refractivity contribution is 5.89. The fourth-order valence-electron chi connectivity index (χ4n) is 3.28. The molecular formula is C24H27NO2. The number of benzene rings is 3. The van der Waals surface area contributed by atoms with Crippen LogP contribution in [0.1, 0.15) is 37.5 Å². The van der Waals surface area contributed by atoms with Crippen molar-refractivity contribution in [2.75, 3.05) is 0 Å². The number of rotatable bonds is 7. The molecule has 1 atom stereocenters. The van der Waals surface area contributed by atoms with Gasteiger partial charge in [-0.05, 0) is 47.9 Å². The molecule has 27 heavy (non-hydrogen) atoms. The smallest absolute Gasteiger partial charge is 0.261 e. The van der Waals surface area contributed by atoms with E-state index in [-0.39, 0.29) is 5.91 Å². The van der Waals surface area contributed by atoms with Gasteiger partial charge in [-0.1, -0.05) is 68.4 Å². The molecule has 0 radical (unpaired) electrons. The van der Waals surface area contributed by atoms with E-state index < -0.39 is 6.10 Å². The van der Waals surface area contributed by atoms with Gasteiger partial charge in [0.15, 0.2) is 6.10 Å². The van der Waals surface area contributed by atoms with E-state index in [9.17, 15) is 4.79 Å². The number of carbonyl (C=O) groups is 1. The van der Waals surface area contributed by atoms with E-state index in [1.54, 1.807) is 6.92 Å². The van der Waals surface area contributed by atoms with Crippen molar-refractivity contribution < 1.29 is 9.53 Å². The number of amides is 1. The predicted molar refractivity (Wildman–Crippen MR) is 111 cm³/mol. The number of nitrogens with one attached hydrogen (secondary N) is 1. The van der Waals surface area contributed by atoms with Gasteiger partial charge in [-0.25, -0.2) is 0 Å². The zero-order valence-corrected chi connectivity index (χ0v) is 16.3. The van der Waals surface area contributed by atoms with Crippen molar-refractivity contribution in [2.45, 2.75) is 46.3 Å². The largest absolute Gasteiger partial charge is 0.480 e. The molecule has 0 fully saturated rings. The van der Waals surface area contributed by atoms with Gasteiger partial charge in [0, 0.05) is 11.9 Å². The lowest BCUT2D eigenvalue weighted by Gasteiger charge is -2.17. The Bertz CT molecular complexity index is 927. The molecule has 1 amide bonds. The van der Waals surface area contributed by atoms with Gasteiger partial charge < -0.3 is 10.1 Å². The first-order valence-electron chi connectivity index (χ1n) is 9.65. The third-order valence-electron chi connectivity index (χ3n) is 4.94. The average Bonchev–Trinajstić information content (AvgIpc) is 2.71. The first-order chi connectivity index (χ1) is 13.1. The van der Waals surface area contributed by atoms with Crippen molar-refractivity contribution in [1.82, 2.24) is 5.32 Å². The average molecular weight is 361 g/mol. The highest BCUT2D eigenvalue weighted by Crippen LogP contribution is 2.26. The fraction of sp³-hybridized carbons (Fsp3) is 0.292. The van der Waals surface area contributed by atoms with Crippen molar-refractivity contribution in [1.29, 1.82) is 0 Å². The molecule has 0 saturated carbocycles. The third kappa shape index (κ3) is 4.48. The summed E-state index contributed by atoms with van der Waals surface area (Å²) in [6.07, 6.45) is 1.39. The minimum absolute atomic E-state index is 0.105. The summed E-state index contributed by atoms with van der Waals surface area (Å²) in [5.41, 5.74) is 3.74. The minimum Gasteiger partial charge on any atom is -0.480 e. The molecule has 140 valence electrons. The number of hydrogen-bond acceptors (Lipinski definition) is 2. The first-order valence-corrected chi connectivity index (χ1v) is 9.65. The number of hydrogen-bond donors (Lipinski definition) is 1. The molecule has 3 heteroatoms. The van der Waals surface area contributed by atoms with E-state index in [0.717, 1.165) is 29.4 Å². The highest BCUT2D eigenvalue weighted by atomic mass is 16.5. The number of carbonyl (C=O) groups excluding carboxylic acids is 1. The molecule has 1 N–H and O–H groups in total. The van der Waals surface area contributed by atoms with Gasteiger partial charge in [-0.3, -0.25) is 4.79 Å². The quantitative estimate of drug-likeness (QED) is 0.640. The highest BCUT2D eigenvalue weighted by Gasteiger charge is 2.16. The Morgan fingerprint density at radius 2 is 1.74 bits per heavy atom. The molecule has 0 unspecified atom stereocenters. The van der Waals surface area contributed by atoms with E-state index in [1.807, 2.05) is 42.5 Å². The summed E-state index contributed by atoms with van der Waals surface area (Å²) >= 11 is 0. The fourth-order valence-corrected chi connectivity index (χ4v) is 3.28. The van der Waals surface area contributed by atoms with Crippen LogP contribution in [0.15, 0.2) is 60.7 Å². The molecule has 3 nitrogen and oxygen atoms in total. The monoisotopic (exact) mass is 361 g/mol. The lowest BCUT2D eigenvalue weighted by atomic mass is 10.0. The molecule has 3 aromatic rings. The molecule has 0 bridgehead atoms. The summed E-state index contributed by atoms with van der Waals surface area (Å²) in [4.78, 5) is 12.6. The van der Waals surface area contributed by atoms with Crippen LogP contribution in [0.25, 0.3) is 10.8 Å². The second-order valence-corrected chi connectivity index (χ2v) is 6.77. The molecule has 3 aromatic carbocycles. The lowest BCUT2D eigenvalue weighted by molar-refractivity contribution is -0.127. The molecule has 0 aliphatic rings. The van der Waals surface area contributed by atoms with Crippen LogP contribution in [0.3, 0.4) is 0 Å². The topological polar surface area (TPSA) is 38.3 Å². The summed E-state index contributed by atoms with van der Waals surface area (Å²) < 4.78 is 5.97. The first kappa shape index (κ1) is 19.0.